The quantitative estimate of drug-likeness (QED) is 0.645. The molecule has 2 aromatic carbocycles. The zero-order valence-corrected chi connectivity index (χ0v) is 9.57. The van der Waals surface area contributed by atoms with Crippen molar-refractivity contribution in [2.24, 2.45) is 0 Å². The van der Waals surface area contributed by atoms with Crippen molar-refractivity contribution in [2.75, 3.05) is 0 Å². The number of phenols is 1. The van der Waals surface area contributed by atoms with Crippen molar-refractivity contribution >= 4 is 10.9 Å². The fraction of sp³-hybridized carbons (Fsp3) is 0.0667. The highest BCUT2D eigenvalue weighted by Gasteiger charge is 2.08. The molecule has 0 fully saturated rings. The molecule has 0 unspecified atom stereocenters. The van der Waals surface area contributed by atoms with Crippen molar-refractivity contribution in [3.63, 3.8) is 0 Å². The second kappa shape index (κ2) is 3.67. The summed E-state index contributed by atoms with van der Waals surface area (Å²) in [5, 5.41) is 11.1. The first-order valence-electron chi connectivity index (χ1n) is 5.62. The van der Waals surface area contributed by atoms with Crippen LogP contribution in [0, 0.1) is 6.92 Å². The smallest absolute Gasteiger partial charge is 0.123 e. The van der Waals surface area contributed by atoms with Gasteiger partial charge in [0.05, 0.1) is 0 Å². The highest BCUT2D eigenvalue weighted by Crippen LogP contribution is 2.34. The summed E-state index contributed by atoms with van der Waals surface area (Å²) in [6.45, 7) is 2.04. The predicted molar refractivity (Wildman–Crippen MR) is 70.1 cm³/mol. The third kappa shape index (κ3) is 1.58. The fourth-order valence-corrected chi connectivity index (χ4v) is 2.23. The maximum Gasteiger partial charge on any atom is 0.123 e. The van der Waals surface area contributed by atoms with Crippen molar-refractivity contribution in [1.29, 1.82) is 0 Å². The Hall–Kier alpha value is -2.22. The molecule has 84 valence electrons. The minimum Gasteiger partial charge on any atom is -0.507 e. The van der Waals surface area contributed by atoms with Gasteiger partial charge in [0, 0.05) is 22.2 Å². The lowest BCUT2D eigenvalue weighted by atomic mass is 10.0. The second-order valence-electron chi connectivity index (χ2n) is 4.24. The molecule has 0 amide bonds. The Labute approximate surface area is 99.5 Å². The number of nitrogens with one attached hydrogen (secondary N) is 1. The summed E-state index contributed by atoms with van der Waals surface area (Å²) >= 11 is 0. The molecule has 2 nitrogen and oxygen atoms in total. The van der Waals surface area contributed by atoms with E-state index in [1.165, 1.54) is 0 Å². The van der Waals surface area contributed by atoms with E-state index in [0.29, 0.717) is 5.75 Å². The van der Waals surface area contributed by atoms with Crippen LogP contribution in [0.3, 0.4) is 0 Å². The molecule has 0 aliphatic carbocycles. The summed E-state index contributed by atoms with van der Waals surface area (Å²) in [6.07, 6.45) is 0. The molecule has 2 N–H and O–H groups in total. The summed E-state index contributed by atoms with van der Waals surface area (Å²) in [7, 11) is 0. The molecule has 0 saturated carbocycles. The van der Waals surface area contributed by atoms with Crippen LogP contribution in [0.1, 0.15) is 5.69 Å². The minimum absolute atomic E-state index is 0.318. The Balaban J connectivity index is 2.34. The molecular weight excluding hydrogens is 210 g/mol. The van der Waals surface area contributed by atoms with Crippen LogP contribution in [0.2, 0.25) is 0 Å². The molecule has 0 radical (unpaired) electrons. The first-order valence-corrected chi connectivity index (χ1v) is 5.62. The van der Waals surface area contributed by atoms with Crippen molar-refractivity contribution in [2.45, 2.75) is 6.92 Å². The van der Waals surface area contributed by atoms with E-state index in [0.717, 1.165) is 27.7 Å². The van der Waals surface area contributed by atoms with E-state index in [9.17, 15) is 5.11 Å². The summed E-state index contributed by atoms with van der Waals surface area (Å²) < 4.78 is 0. The highest BCUT2D eigenvalue weighted by atomic mass is 16.3. The van der Waals surface area contributed by atoms with E-state index in [1.54, 1.807) is 6.07 Å². The maximum absolute atomic E-state index is 9.92. The third-order valence-corrected chi connectivity index (χ3v) is 2.99. The number of aryl methyl sites for hydroxylation is 1. The zero-order valence-electron chi connectivity index (χ0n) is 9.57. The van der Waals surface area contributed by atoms with E-state index >= 15 is 0 Å². The van der Waals surface area contributed by atoms with Crippen LogP contribution in [-0.2, 0) is 0 Å². The van der Waals surface area contributed by atoms with Gasteiger partial charge in [0.15, 0.2) is 0 Å². The Morgan fingerprint density at radius 2 is 1.71 bits per heavy atom. The van der Waals surface area contributed by atoms with Gasteiger partial charge >= 0.3 is 0 Å². The molecule has 0 spiro atoms. The Bertz CT molecular complexity index is 682. The number of fused-ring (bicyclic) bond motifs is 1. The number of benzene rings is 2. The molecular formula is C15H13NO. The van der Waals surface area contributed by atoms with Gasteiger partial charge in [-0.25, -0.2) is 0 Å². The van der Waals surface area contributed by atoms with E-state index < -0.39 is 0 Å². The minimum atomic E-state index is 0.318. The summed E-state index contributed by atoms with van der Waals surface area (Å²) in [6, 6.07) is 15.6. The van der Waals surface area contributed by atoms with Gasteiger partial charge in [0.2, 0.25) is 0 Å². The van der Waals surface area contributed by atoms with Crippen molar-refractivity contribution in [1.82, 2.24) is 4.98 Å². The Kier molecular flexibility index (Phi) is 2.15. The first kappa shape index (κ1) is 9.97. The number of H-pyrrole nitrogens is 1. The van der Waals surface area contributed by atoms with E-state index in [-0.39, 0.29) is 0 Å². The molecule has 3 aromatic rings. The lowest BCUT2D eigenvalue weighted by molar-refractivity contribution is 0.477. The van der Waals surface area contributed by atoms with E-state index in [4.69, 9.17) is 0 Å². The van der Waals surface area contributed by atoms with Gasteiger partial charge in [0.25, 0.3) is 0 Å². The zero-order chi connectivity index (χ0) is 11.8. The van der Waals surface area contributed by atoms with Crippen LogP contribution in [-0.4, -0.2) is 10.1 Å². The molecule has 0 bridgehead atoms. The molecule has 0 atom stereocenters. The number of para-hydroxylation sites is 1. The lowest BCUT2D eigenvalue weighted by Crippen LogP contribution is -1.79. The van der Waals surface area contributed by atoms with E-state index in [1.807, 2.05) is 43.3 Å². The molecule has 0 saturated heterocycles. The SMILES string of the molecule is Cc1cc2c(-c3ccccc3O)cccc2[nH]1. The number of rotatable bonds is 1. The summed E-state index contributed by atoms with van der Waals surface area (Å²) in [5.41, 5.74) is 4.16. The summed E-state index contributed by atoms with van der Waals surface area (Å²) in [4.78, 5) is 3.31. The van der Waals surface area contributed by atoms with Gasteiger partial charge in [-0.3, -0.25) is 0 Å². The number of phenolic OH excluding ortho intramolecular Hbond substituents is 1. The maximum atomic E-state index is 9.92. The predicted octanol–water partition coefficient (Wildman–Crippen LogP) is 3.85. The van der Waals surface area contributed by atoms with E-state index in [2.05, 4.69) is 11.1 Å². The number of hydrogen-bond donors (Lipinski definition) is 2. The molecule has 0 aliphatic rings. The normalized spacial score (nSPS) is 10.9. The van der Waals surface area contributed by atoms with Crippen LogP contribution in [0.25, 0.3) is 22.0 Å². The van der Waals surface area contributed by atoms with Crippen molar-refractivity contribution < 1.29 is 5.11 Å². The van der Waals surface area contributed by atoms with Gasteiger partial charge < -0.3 is 10.1 Å². The Morgan fingerprint density at radius 3 is 2.53 bits per heavy atom. The Morgan fingerprint density at radius 1 is 0.941 bits per heavy atom. The number of aromatic hydroxyl groups is 1. The molecule has 0 aliphatic heterocycles. The number of aromatic nitrogens is 1. The first-order chi connectivity index (χ1) is 8.25. The highest BCUT2D eigenvalue weighted by molar-refractivity contribution is 5.96. The monoisotopic (exact) mass is 223 g/mol. The molecule has 17 heavy (non-hydrogen) atoms. The largest absolute Gasteiger partial charge is 0.507 e. The van der Waals surface area contributed by atoms with Crippen molar-refractivity contribution in [3.8, 4) is 16.9 Å². The second-order valence-corrected chi connectivity index (χ2v) is 4.24. The standard InChI is InChI=1S/C15H13NO/c1-10-9-13-11(6-4-7-14(13)16-10)12-5-2-3-8-15(12)17/h2-9,16-17H,1H3. The molecule has 1 aromatic heterocycles. The topological polar surface area (TPSA) is 36.0 Å². The van der Waals surface area contributed by atoms with Gasteiger partial charge in [-0.1, -0.05) is 30.3 Å². The van der Waals surface area contributed by atoms with Crippen LogP contribution >= 0.6 is 0 Å². The van der Waals surface area contributed by atoms with Gasteiger partial charge in [-0.05, 0) is 30.7 Å². The van der Waals surface area contributed by atoms with Crippen molar-refractivity contribution in [3.05, 3.63) is 54.2 Å². The summed E-state index contributed by atoms with van der Waals surface area (Å²) in [5.74, 6) is 0.318. The number of hydrogen-bond acceptors (Lipinski definition) is 1. The molecule has 2 heteroatoms. The number of aromatic amines is 1. The van der Waals surface area contributed by atoms with Gasteiger partial charge in [-0.15, -0.1) is 0 Å². The third-order valence-electron chi connectivity index (χ3n) is 2.99. The lowest BCUT2D eigenvalue weighted by Gasteiger charge is -2.05. The van der Waals surface area contributed by atoms with Gasteiger partial charge in [-0.2, -0.15) is 0 Å². The average Bonchev–Trinajstić information content (AvgIpc) is 2.70. The van der Waals surface area contributed by atoms with Crippen LogP contribution < -0.4 is 0 Å². The van der Waals surface area contributed by atoms with Gasteiger partial charge in [0.1, 0.15) is 5.75 Å². The fourth-order valence-electron chi connectivity index (χ4n) is 2.23. The average molecular weight is 223 g/mol. The van der Waals surface area contributed by atoms with Crippen LogP contribution in [0.5, 0.6) is 5.75 Å². The van der Waals surface area contributed by atoms with Crippen LogP contribution in [0.15, 0.2) is 48.5 Å². The molecule has 3 rings (SSSR count). The molecule has 1 heterocycles. The van der Waals surface area contributed by atoms with Crippen LogP contribution in [0.4, 0.5) is 0 Å².